The summed E-state index contributed by atoms with van der Waals surface area (Å²) in [6.07, 6.45) is 33.2. The van der Waals surface area contributed by atoms with E-state index in [-0.39, 0.29) is 23.8 Å². The molecule has 3 aromatic heterocycles. The van der Waals surface area contributed by atoms with E-state index in [1.807, 2.05) is 22.7 Å². The summed E-state index contributed by atoms with van der Waals surface area (Å²) in [5, 5.41) is 10.2. The number of fused-ring (bicyclic) bond motifs is 13. The second-order valence-corrected chi connectivity index (χ2v) is 33.5. The van der Waals surface area contributed by atoms with Gasteiger partial charge in [0, 0.05) is 120 Å². The van der Waals surface area contributed by atoms with Crippen molar-refractivity contribution in [1.29, 1.82) is 0 Å². The van der Waals surface area contributed by atoms with Gasteiger partial charge in [0.1, 0.15) is 0 Å². The summed E-state index contributed by atoms with van der Waals surface area (Å²) >= 11 is 3.85. The van der Waals surface area contributed by atoms with Gasteiger partial charge in [-0.3, -0.25) is 0 Å². The van der Waals surface area contributed by atoms with Crippen LogP contribution in [0.4, 0.5) is 34.1 Å². The molecule has 114 heavy (non-hydrogen) atoms. The van der Waals surface area contributed by atoms with Crippen LogP contribution in [0.15, 0.2) is 400 Å². The molecule has 17 aromatic rings. The third-order valence-corrected chi connectivity index (χ3v) is 27.1. The van der Waals surface area contributed by atoms with Crippen LogP contribution in [0.2, 0.25) is 0 Å². The highest BCUT2D eigenvalue weighted by molar-refractivity contribution is 7.26. The van der Waals surface area contributed by atoms with Gasteiger partial charge in [-0.15, -0.1) is 22.7 Å². The molecule has 0 saturated carbocycles. The molecule has 4 nitrogen and oxygen atoms in total. The van der Waals surface area contributed by atoms with Gasteiger partial charge >= 0.3 is 0 Å². The Morgan fingerprint density at radius 1 is 0.360 bits per heavy atom. The first kappa shape index (κ1) is 67.8. The third kappa shape index (κ3) is 11.5. The van der Waals surface area contributed by atoms with Gasteiger partial charge in [0.05, 0.1) is 22.8 Å². The fraction of sp³-hybridized carbons (Fsp3) is 0.0926. The zero-order valence-electron chi connectivity index (χ0n) is 63.4. The topological polar surface area (TPSA) is 14.7 Å². The summed E-state index contributed by atoms with van der Waals surface area (Å²) in [4.78, 5) is 7.61. The van der Waals surface area contributed by atoms with E-state index in [2.05, 4.69) is 421 Å². The average molecular weight is 1500 g/mol. The third-order valence-electron chi connectivity index (χ3n) is 24.6. The van der Waals surface area contributed by atoms with E-state index >= 15 is 0 Å². The van der Waals surface area contributed by atoms with Gasteiger partial charge in [0.2, 0.25) is 0 Å². The quantitative estimate of drug-likeness (QED) is 0.108. The molecule has 0 saturated heterocycles. The number of allylic oxidation sites excluding steroid dienone is 12. The number of anilines is 6. The monoisotopic (exact) mass is 1500 g/mol. The standard InChI is InChI=1S/C108H80N4S2/c1-69-43-45-71(46-44-69)76-62-98(84-56-52-81(61-70(84)2)109(77-29-12-5-13-30-77)82-53-58-102-95(65-82)89-37-20-22-41-100(89)111(102)78-31-14-6-15-32-78)108-99(63-76)97-67-93(73-27-10-4-11-28-73)94(68-106(97)114-108)75-49-55-90-96-66-83(54-59-103(96)112(104(90)64-75)79-33-16-7-17-34-79)110(101-60-57-85(72-25-8-3-9-26-72)87-35-18-19-36-88(87)101)80-50-47-74(48-51-80)86-39-24-40-92-91-38-21-23-42-105(91)113-107(86)92/h3-25,27-43,45-70,72,84,96,103H,26,44H2,1-2H3. The van der Waals surface area contributed by atoms with Crippen molar-refractivity contribution in [2.75, 3.05) is 14.7 Å². The van der Waals surface area contributed by atoms with Crippen molar-refractivity contribution < 1.29 is 0 Å². The Labute approximate surface area is 673 Å². The highest BCUT2D eigenvalue weighted by Crippen LogP contribution is 2.55. The van der Waals surface area contributed by atoms with Gasteiger partial charge in [-0.05, 0) is 219 Å². The lowest BCUT2D eigenvalue weighted by Crippen LogP contribution is -2.30. The fourth-order valence-electron chi connectivity index (χ4n) is 19.1. The molecule has 1 aliphatic heterocycles. The Bertz CT molecular complexity index is 6980. The van der Waals surface area contributed by atoms with Crippen LogP contribution in [0, 0.1) is 11.8 Å². The molecule has 0 bridgehead atoms. The Morgan fingerprint density at radius 2 is 1.02 bits per heavy atom. The number of nitrogens with zero attached hydrogens (tertiary/aromatic N) is 4. The number of thiophene rings is 2. The molecule has 0 fully saturated rings. The molecule has 6 heteroatoms. The lowest BCUT2D eigenvalue weighted by Gasteiger charge is -2.34. The van der Waals surface area contributed by atoms with E-state index in [4.69, 9.17) is 0 Å². The maximum atomic E-state index is 2.61. The second kappa shape index (κ2) is 28.0. The smallest absolute Gasteiger partial charge is 0.0631 e. The number of aromatic nitrogens is 1. The minimum Gasteiger partial charge on any atom is -0.333 e. The fourth-order valence-corrected chi connectivity index (χ4v) is 21.6. The Balaban J connectivity index is 0.666. The minimum absolute atomic E-state index is 0.0219. The Kier molecular flexibility index (Phi) is 16.6. The maximum absolute atomic E-state index is 2.61. The summed E-state index contributed by atoms with van der Waals surface area (Å²) in [5.74, 6) is 1.09. The molecule has 22 rings (SSSR count). The number of benzene rings is 14. The van der Waals surface area contributed by atoms with Crippen molar-refractivity contribution in [3.05, 3.63) is 422 Å². The van der Waals surface area contributed by atoms with Gasteiger partial charge < -0.3 is 19.3 Å². The van der Waals surface area contributed by atoms with Crippen LogP contribution in [-0.4, -0.2) is 10.6 Å². The van der Waals surface area contributed by atoms with Crippen molar-refractivity contribution >= 4 is 135 Å². The number of rotatable bonds is 14. The molecular formula is C108H80N4S2. The summed E-state index contributed by atoms with van der Waals surface area (Å²) in [7, 11) is 0. The number of hydrogen-bond donors (Lipinski definition) is 0. The second-order valence-electron chi connectivity index (χ2n) is 31.4. The molecule has 6 unspecified atom stereocenters. The molecule has 0 spiro atoms. The van der Waals surface area contributed by atoms with E-state index < -0.39 is 0 Å². The minimum atomic E-state index is 0.0219. The molecule has 14 aromatic carbocycles. The van der Waals surface area contributed by atoms with Gasteiger partial charge in [0.15, 0.2) is 0 Å². The molecular weight excluding hydrogens is 1420 g/mol. The van der Waals surface area contributed by atoms with E-state index in [1.165, 1.54) is 146 Å². The lowest BCUT2D eigenvalue weighted by atomic mass is 9.81. The lowest BCUT2D eigenvalue weighted by molar-refractivity contribution is 0.632. The number of hydrogen-bond acceptors (Lipinski definition) is 5. The van der Waals surface area contributed by atoms with E-state index in [0.29, 0.717) is 11.8 Å². The van der Waals surface area contributed by atoms with E-state index in [9.17, 15) is 0 Å². The van der Waals surface area contributed by atoms with Crippen molar-refractivity contribution in [1.82, 2.24) is 4.57 Å². The summed E-state index contributed by atoms with van der Waals surface area (Å²) in [5.41, 5.74) is 26.7. The van der Waals surface area contributed by atoms with Crippen LogP contribution < -0.4 is 14.7 Å². The predicted molar refractivity (Wildman–Crippen MR) is 488 cm³/mol. The number of para-hydroxylation sites is 4. The average Bonchev–Trinajstić information content (AvgIpc) is 1.57. The first-order chi connectivity index (χ1) is 56.3. The van der Waals surface area contributed by atoms with Crippen LogP contribution in [0.3, 0.4) is 0 Å². The molecule has 0 amide bonds. The van der Waals surface area contributed by atoms with Gasteiger partial charge in [-0.2, -0.15) is 0 Å². The highest BCUT2D eigenvalue weighted by Gasteiger charge is 2.40. The molecule has 544 valence electrons. The van der Waals surface area contributed by atoms with Gasteiger partial charge in [-0.25, -0.2) is 0 Å². The van der Waals surface area contributed by atoms with Crippen LogP contribution in [-0.2, 0) is 0 Å². The van der Waals surface area contributed by atoms with Gasteiger partial charge in [0.25, 0.3) is 0 Å². The van der Waals surface area contributed by atoms with Crippen molar-refractivity contribution in [2.45, 2.75) is 50.5 Å². The molecule has 0 N–H and O–H groups in total. The van der Waals surface area contributed by atoms with Crippen molar-refractivity contribution in [3.8, 4) is 39.1 Å². The van der Waals surface area contributed by atoms with Crippen LogP contribution in [0.1, 0.15) is 66.7 Å². The van der Waals surface area contributed by atoms with E-state index in [0.717, 1.165) is 52.7 Å². The Morgan fingerprint density at radius 3 is 1.81 bits per heavy atom. The zero-order chi connectivity index (χ0) is 75.5. The van der Waals surface area contributed by atoms with Crippen molar-refractivity contribution in [3.63, 3.8) is 0 Å². The molecule has 4 heterocycles. The van der Waals surface area contributed by atoms with Crippen LogP contribution in [0.25, 0.3) is 118 Å². The molecule has 4 aliphatic carbocycles. The first-order valence-electron chi connectivity index (χ1n) is 40.2. The van der Waals surface area contributed by atoms with Crippen LogP contribution >= 0.6 is 22.7 Å². The summed E-state index contributed by atoms with van der Waals surface area (Å²) < 4.78 is 7.67. The Hall–Kier alpha value is -13.1. The highest BCUT2D eigenvalue weighted by atomic mass is 32.1. The normalized spacial score (nSPS) is 18.3. The largest absolute Gasteiger partial charge is 0.333 e. The summed E-state index contributed by atoms with van der Waals surface area (Å²) in [6, 6.07) is 116. The first-order valence-corrected chi connectivity index (χ1v) is 41.9. The van der Waals surface area contributed by atoms with E-state index in [1.54, 1.807) is 0 Å². The molecule has 5 aliphatic rings. The maximum Gasteiger partial charge on any atom is 0.0631 e. The van der Waals surface area contributed by atoms with Crippen LogP contribution in [0.5, 0.6) is 0 Å². The van der Waals surface area contributed by atoms with Gasteiger partial charge in [-0.1, -0.05) is 275 Å². The zero-order valence-corrected chi connectivity index (χ0v) is 65.1. The SMILES string of the molecule is CC1C=CC(c2cc(C3C=CC(N(c4ccccc4)c4ccc5c(c4)c4ccccc4n5-c4ccccc4)=CC3C)c3sc4cc(-c5ccc6c(c5)N(c5ccccc5)C5C=CC(N(c7ccc(-c8cccc9c8sc8ccccc89)cc7)c7ccc(C8C=CC=CC8)c8ccccc78)=CC65)c(-c5ccccc5)cc4c3c2)=CC1. The molecule has 0 radical (unpaired) electrons. The predicted octanol–water partition coefficient (Wildman–Crippen LogP) is 30.2. The molecule has 6 atom stereocenters. The summed E-state index contributed by atoms with van der Waals surface area (Å²) in [6.45, 7) is 4.75. The van der Waals surface area contributed by atoms with Crippen molar-refractivity contribution in [2.24, 2.45) is 11.8 Å².